The summed E-state index contributed by atoms with van der Waals surface area (Å²) in [4.78, 5) is 2.48. The monoisotopic (exact) mass is 469 g/mol. The number of ether oxygens (including phenoxy) is 2. The van der Waals surface area contributed by atoms with E-state index in [1.54, 1.807) is 0 Å². The summed E-state index contributed by atoms with van der Waals surface area (Å²) in [5.41, 5.74) is 2.52. The van der Waals surface area contributed by atoms with Crippen LogP contribution in [0, 0.1) is 5.92 Å². The number of hydrogen-bond acceptors (Lipinski definition) is 4. The molecule has 1 N–H and O–H groups in total. The van der Waals surface area contributed by atoms with Gasteiger partial charge >= 0.3 is 17.1 Å². The quantitative estimate of drug-likeness (QED) is 0.343. The van der Waals surface area contributed by atoms with Crippen molar-refractivity contribution in [2.24, 2.45) is 5.92 Å². The molecule has 3 aromatic rings. The molecule has 2 aliphatic heterocycles. The van der Waals surface area contributed by atoms with Crippen LogP contribution in [0.1, 0.15) is 17.5 Å². The minimum atomic E-state index is -0.569. The number of likely N-dealkylation sites (N-methyl/N-ethyl adjacent to an activating group) is 1. The number of rotatable bonds is 2. The largest absolute Gasteiger partial charge is 2.00 e. The Bertz CT molecular complexity index is 1070. The Hall–Kier alpha value is -2.30. The van der Waals surface area contributed by atoms with E-state index in [1.807, 2.05) is 66.7 Å². The van der Waals surface area contributed by atoms with E-state index in [4.69, 9.17) is 9.47 Å². The van der Waals surface area contributed by atoms with Crippen molar-refractivity contribution in [2.45, 2.75) is 36.5 Å². The standard InChI is InChI=1S/C22H22NO3.C5H5.Fe/c1-23-11-10-22-15-7-8-17(24)21(22)26-20-18(25-14-4-2-3-5-14)9-6-13(19(20)22)12-16(15)23;1-2-4-5-3-1;/h2-9,15-17,21,24H,10-12H2,1H3;1-5H;/q2*-1;+2/t15-,16+,17-,21-,22-;;/m0../s1. The van der Waals surface area contributed by atoms with E-state index < -0.39 is 6.10 Å². The number of benzene rings is 1. The van der Waals surface area contributed by atoms with Gasteiger partial charge in [0.15, 0.2) is 0 Å². The Morgan fingerprint density at radius 1 is 1.16 bits per heavy atom. The summed E-state index contributed by atoms with van der Waals surface area (Å²) < 4.78 is 12.6. The van der Waals surface area contributed by atoms with Crippen LogP contribution < -0.4 is 9.47 Å². The predicted molar refractivity (Wildman–Crippen MR) is 120 cm³/mol. The first-order valence-corrected chi connectivity index (χ1v) is 11.1. The van der Waals surface area contributed by atoms with Crippen LogP contribution in [0.15, 0.2) is 78.9 Å². The van der Waals surface area contributed by atoms with Crippen LogP contribution in [0.4, 0.5) is 0 Å². The number of aliphatic hydroxyl groups excluding tert-OH is 1. The topological polar surface area (TPSA) is 41.9 Å². The molecule has 2 aliphatic carbocycles. The van der Waals surface area contributed by atoms with E-state index in [0.29, 0.717) is 12.0 Å². The minimum Gasteiger partial charge on any atom is -0.541 e. The molecule has 4 aliphatic rings. The minimum absolute atomic E-state index is 0. The maximum atomic E-state index is 10.7. The van der Waals surface area contributed by atoms with Gasteiger partial charge in [-0.25, -0.2) is 12.1 Å². The van der Waals surface area contributed by atoms with Crippen molar-refractivity contribution in [3.05, 3.63) is 90.0 Å². The number of hydrogen-bond donors (Lipinski definition) is 1. The van der Waals surface area contributed by atoms with E-state index >= 15 is 0 Å². The molecule has 0 radical (unpaired) electrons. The SMILES string of the molecule is CN1CC[C@]23c4c5ccc(O[c-]6cccc6)c4O[C@H]2[C@@H](O)C=C[C@H]3[C@H]1C5.[Fe+2].c1cc[cH-]c1. The molecule has 2 bridgehead atoms. The van der Waals surface area contributed by atoms with Crippen LogP contribution in [-0.4, -0.2) is 41.8 Å². The molecule has 32 heavy (non-hydrogen) atoms. The van der Waals surface area contributed by atoms with Crippen molar-refractivity contribution in [3.63, 3.8) is 0 Å². The van der Waals surface area contributed by atoms with E-state index in [-0.39, 0.29) is 28.6 Å². The molecule has 1 fully saturated rings. The molecule has 3 aromatic carbocycles. The maximum absolute atomic E-state index is 10.7. The number of piperidine rings is 1. The Morgan fingerprint density at radius 2 is 1.94 bits per heavy atom. The molecule has 7 rings (SSSR count). The van der Waals surface area contributed by atoms with E-state index in [1.165, 1.54) is 11.1 Å². The van der Waals surface area contributed by atoms with Gasteiger partial charge in [-0.15, -0.1) is 12.1 Å². The Morgan fingerprint density at radius 3 is 2.66 bits per heavy atom. The molecule has 1 saturated heterocycles. The average Bonchev–Trinajstić information content (AvgIpc) is 3.54. The fourth-order valence-corrected chi connectivity index (χ4v) is 6.18. The second-order valence-corrected chi connectivity index (χ2v) is 9.09. The maximum Gasteiger partial charge on any atom is 2.00 e. The van der Waals surface area contributed by atoms with E-state index in [2.05, 4.69) is 24.1 Å². The Balaban J connectivity index is 0.000000321. The molecule has 5 atom stereocenters. The first-order chi connectivity index (χ1) is 15.2. The summed E-state index contributed by atoms with van der Waals surface area (Å²) in [5.74, 6) is 2.83. The number of nitrogens with zero attached hydrogens (tertiary/aromatic N) is 1. The fourth-order valence-electron chi connectivity index (χ4n) is 6.18. The summed E-state index contributed by atoms with van der Waals surface area (Å²) in [6.45, 7) is 1.04. The van der Waals surface area contributed by atoms with Crippen molar-refractivity contribution >= 4 is 0 Å². The molecule has 0 aromatic heterocycles. The summed E-state index contributed by atoms with van der Waals surface area (Å²) in [5, 5.41) is 10.7. The summed E-state index contributed by atoms with van der Waals surface area (Å²) in [7, 11) is 2.22. The van der Waals surface area contributed by atoms with Crippen LogP contribution >= 0.6 is 0 Å². The molecule has 0 saturated carbocycles. The van der Waals surface area contributed by atoms with Gasteiger partial charge in [0.05, 0.1) is 5.75 Å². The van der Waals surface area contributed by atoms with Gasteiger partial charge in [0.2, 0.25) is 0 Å². The van der Waals surface area contributed by atoms with Crippen molar-refractivity contribution < 1.29 is 31.6 Å². The summed E-state index contributed by atoms with van der Waals surface area (Å²) in [6.07, 6.45) is 5.43. The van der Waals surface area contributed by atoms with Gasteiger partial charge in [-0.05, 0) is 32.0 Å². The second kappa shape index (κ2) is 8.24. The molecule has 0 amide bonds. The van der Waals surface area contributed by atoms with Crippen LogP contribution in [0.2, 0.25) is 0 Å². The van der Waals surface area contributed by atoms with Gasteiger partial charge in [0.1, 0.15) is 18.0 Å². The zero-order chi connectivity index (χ0) is 21.0. The van der Waals surface area contributed by atoms with Crippen molar-refractivity contribution in [1.82, 2.24) is 4.90 Å². The van der Waals surface area contributed by atoms with Crippen LogP contribution in [0.5, 0.6) is 17.2 Å². The smallest absolute Gasteiger partial charge is 0.541 e. The van der Waals surface area contributed by atoms with Crippen LogP contribution in [0.3, 0.4) is 0 Å². The first kappa shape index (κ1) is 21.5. The Labute approximate surface area is 199 Å². The fraction of sp³-hybridized carbons (Fsp3) is 0.333. The normalized spacial score (nSPS) is 30.9. The number of aliphatic hydroxyl groups is 1. The third-order valence-corrected chi connectivity index (χ3v) is 7.55. The van der Waals surface area contributed by atoms with Gasteiger partial charge in [0.25, 0.3) is 0 Å². The summed E-state index contributed by atoms with van der Waals surface area (Å²) >= 11 is 0. The molecule has 5 heteroatoms. The van der Waals surface area contributed by atoms with Crippen LogP contribution in [-0.2, 0) is 28.9 Å². The van der Waals surface area contributed by atoms with E-state index in [9.17, 15) is 5.11 Å². The van der Waals surface area contributed by atoms with Crippen molar-refractivity contribution in [2.75, 3.05) is 13.6 Å². The third kappa shape index (κ3) is 3.11. The average molecular weight is 469 g/mol. The zero-order valence-corrected chi connectivity index (χ0v) is 19.1. The van der Waals surface area contributed by atoms with Gasteiger partial charge in [-0.3, -0.25) is 0 Å². The Kier molecular flexibility index (Phi) is 5.55. The van der Waals surface area contributed by atoms with E-state index in [0.717, 1.165) is 36.6 Å². The third-order valence-electron chi connectivity index (χ3n) is 7.55. The predicted octanol–water partition coefficient (Wildman–Crippen LogP) is 4.41. The van der Waals surface area contributed by atoms with Gasteiger partial charge in [-0.1, -0.05) is 24.3 Å². The van der Waals surface area contributed by atoms with Gasteiger partial charge in [-0.2, -0.15) is 30.3 Å². The molecule has 166 valence electrons. The van der Waals surface area contributed by atoms with Crippen molar-refractivity contribution in [1.29, 1.82) is 0 Å². The molecule has 4 nitrogen and oxygen atoms in total. The second-order valence-electron chi connectivity index (χ2n) is 9.09. The number of likely N-dealkylation sites (tertiary alicyclic amines) is 1. The summed E-state index contributed by atoms with van der Waals surface area (Å²) in [6, 6.07) is 22.6. The first-order valence-electron chi connectivity index (χ1n) is 11.1. The molecule has 0 unspecified atom stereocenters. The van der Waals surface area contributed by atoms with Gasteiger partial charge in [0, 0.05) is 28.7 Å². The van der Waals surface area contributed by atoms with Crippen molar-refractivity contribution in [3.8, 4) is 17.2 Å². The molecular formula is C27H27FeNO3. The van der Waals surface area contributed by atoms with Crippen LogP contribution in [0.25, 0.3) is 0 Å². The zero-order valence-electron chi connectivity index (χ0n) is 18.0. The molecular weight excluding hydrogens is 442 g/mol. The molecule has 2 heterocycles. The van der Waals surface area contributed by atoms with Gasteiger partial charge < -0.3 is 19.5 Å². The molecule has 1 spiro atoms.